The second-order valence-corrected chi connectivity index (χ2v) is 13.4. The summed E-state index contributed by atoms with van der Waals surface area (Å²) in [4.78, 5) is 39.3. The van der Waals surface area contributed by atoms with Crippen molar-refractivity contribution in [3.63, 3.8) is 0 Å². The van der Waals surface area contributed by atoms with Gasteiger partial charge in [0, 0.05) is 49.2 Å². The minimum Gasteiger partial charge on any atom is -0.490 e. The van der Waals surface area contributed by atoms with Gasteiger partial charge in [-0.15, -0.1) is 0 Å². The van der Waals surface area contributed by atoms with Gasteiger partial charge in [0.2, 0.25) is 17.7 Å². The number of likely N-dealkylation sites (tertiary alicyclic amines) is 1. The third kappa shape index (κ3) is 9.32. The van der Waals surface area contributed by atoms with E-state index in [4.69, 9.17) is 25.8 Å². The molecule has 3 heterocycles. The zero-order valence-electron chi connectivity index (χ0n) is 29.0. The number of aromatic nitrogens is 2. The fourth-order valence-electron chi connectivity index (χ4n) is 6.23. The van der Waals surface area contributed by atoms with Gasteiger partial charge in [-0.05, 0) is 81.2 Å². The molecule has 1 unspecified atom stereocenters. The van der Waals surface area contributed by atoms with E-state index in [9.17, 15) is 9.59 Å². The van der Waals surface area contributed by atoms with Crippen molar-refractivity contribution in [3.8, 4) is 17.4 Å². The van der Waals surface area contributed by atoms with Crippen molar-refractivity contribution in [3.05, 3.63) is 93.9 Å². The molecule has 4 aromatic rings. The first kappa shape index (κ1) is 36.0. The molecule has 2 aliphatic rings. The number of benzene rings is 3. The van der Waals surface area contributed by atoms with Gasteiger partial charge in [0.05, 0.1) is 31.3 Å². The smallest absolute Gasteiger partial charge is 0.262 e. The Labute approximate surface area is 302 Å². The van der Waals surface area contributed by atoms with Crippen LogP contribution >= 0.6 is 11.6 Å². The molecule has 2 N–H and O–H groups in total. The van der Waals surface area contributed by atoms with E-state index in [-0.39, 0.29) is 46.2 Å². The van der Waals surface area contributed by atoms with Crippen molar-refractivity contribution in [2.75, 3.05) is 63.7 Å². The number of amides is 2. The number of aryl methyl sites for hydroxylation is 2. The number of piperidine rings is 1. The van der Waals surface area contributed by atoms with E-state index in [1.807, 2.05) is 32.0 Å². The first-order chi connectivity index (χ1) is 24.6. The van der Waals surface area contributed by atoms with Crippen LogP contribution in [0.5, 0.6) is 17.4 Å². The maximum Gasteiger partial charge on any atom is 0.262 e. The molecule has 2 amide bonds. The van der Waals surface area contributed by atoms with E-state index in [0.717, 1.165) is 37.1 Å². The zero-order chi connectivity index (χ0) is 35.9. The van der Waals surface area contributed by atoms with E-state index in [0.29, 0.717) is 55.8 Å². The summed E-state index contributed by atoms with van der Waals surface area (Å²) in [5.41, 5.74) is 3.57. The normalized spacial score (nSPS) is 16.4. The Bertz CT molecular complexity index is 1870. The Balaban J connectivity index is 1.21. The van der Waals surface area contributed by atoms with Crippen molar-refractivity contribution in [2.24, 2.45) is 5.92 Å². The van der Waals surface area contributed by atoms with Crippen LogP contribution in [0.4, 0.5) is 21.7 Å². The topological polar surface area (TPSA) is 118 Å². The second-order valence-electron chi connectivity index (χ2n) is 13.0. The summed E-state index contributed by atoms with van der Waals surface area (Å²) in [6.07, 6.45) is 3.66. The third-order valence-corrected chi connectivity index (χ3v) is 9.32. The molecule has 13 heteroatoms. The molecule has 0 radical (unpaired) electrons. The van der Waals surface area contributed by atoms with Gasteiger partial charge in [0.15, 0.2) is 11.6 Å². The van der Waals surface area contributed by atoms with Gasteiger partial charge in [0.1, 0.15) is 11.3 Å². The highest BCUT2D eigenvalue weighted by Crippen LogP contribution is 2.33. The van der Waals surface area contributed by atoms with Crippen LogP contribution in [0.1, 0.15) is 39.9 Å². The number of para-hydroxylation sites is 1. The van der Waals surface area contributed by atoms with Gasteiger partial charge in [-0.3, -0.25) is 9.59 Å². The molecule has 51 heavy (non-hydrogen) atoms. The molecule has 2 fully saturated rings. The molecule has 268 valence electrons. The van der Waals surface area contributed by atoms with Crippen molar-refractivity contribution >= 4 is 40.7 Å². The molecule has 0 aliphatic carbocycles. The van der Waals surface area contributed by atoms with Crippen LogP contribution in [0.25, 0.3) is 0 Å². The Morgan fingerprint density at radius 1 is 1.04 bits per heavy atom. The van der Waals surface area contributed by atoms with E-state index in [2.05, 4.69) is 32.5 Å². The molecule has 0 bridgehead atoms. The van der Waals surface area contributed by atoms with Crippen LogP contribution in [-0.2, 0) is 16.0 Å². The molecule has 0 saturated carbocycles. The number of hydrogen-bond donors (Lipinski definition) is 2. The van der Waals surface area contributed by atoms with E-state index in [1.165, 1.54) is 12.3 Å². The number of hydrogen-bond acceptors (Lipinski definition) is 9. The lowest BCUT2D eigenvalue weighted by molar-refractivity contribution is -0.134. The summed E-state index contributed by atoms with van der Waals surface area (Å²) in [5, 5.41) is 6.18. The van der Waals surface area contributed by atoms with Crippen LogP contribution in [0.15, 0.2) is 60.8 Å². The van der Waals surface area contributed by atoms with Crippen LogP contribution < -0.4 is 20.1 Å². The number of anilines is 3. The molecule has 1 aromatic heterocycles. The highest BCUT2D eigenvalue weighted by molar-refractivity contribution is 6.32. The summed E-state index contributed by atoms with van der Waals surface area (Å²) in [5.74, 6) is -0.306. The molecular weight excluding hydrogens is 675 g/mol. The molecule has 6 rings (SSSR count). The predicted molar refractivity (Wildman–Crippen MR) is 194 cm³/mol. The van der Waals surface area contributed by atoms with Gasteiger partial charge >= 0.3 is 0 Å². The highest BCUT2D eigenvalue weighted by Gasteiger charge is 2.22. The fraction of sp³-hybridized carbons (Fsp3) is 0.368. The fourth-order valence-corrected chi connectivity index (χ4v) is 6.48. The van der Waals surface area contributed by atoms with Gasteiger partial charge in [-0.1, -0.05) is 35.9 Å². The summed E-state index contributed by atoms with van der Waals surface area (Å²) < 4.78 is 32.5. The van der Waals surface area contributed by atoms with Crippen molar-refractivity contribution in [1.82, 2.24) is 19.8 Å². The molecular formula is C38H42ClFN6O5. The predicted octanol–water partition coefficient (Wildman–Crippen LogP) is 6.80. The number of halogens is 2. The van der Waals surface area contributed by atoms with Gasteiger partial charge < -0.3 is 34.6 Å². The molecule has 11 nitrogen and oxygen atoms in total. The second kappa shape index (κ2) is 16.5. The number of carbonyl (C=O) groups is 2. The van der Waals surface area contributed by atoms with Crippen LogP contribution in [-0.4, -0.2) is 84.6 Å². The lowest BCUT2D eigenvalue weighted by Gasteiger charge is -2.29. The summed E-state index contributed by atoms with van der Waals surface area (Å²) in [6, 6.07) is 15.3. The molecule has 3 aromatic carbocycles. The lowest BCUT2D eigenvalue weighted by atomic mass is 10.00. The van der Waals surface area contributed by atoms with Gasteiger partial charge in [0.25, 0.3) is 5.91 Å². The minimum absolute atomic E-state index is 0.0203. The Morgan fingerprint density at radius 2 is 1.80 bits per heavy atom. The molecule has 2 saturated heterocycles. The number of rotatable bonds is 11. The van der Waals surface area contributed by atoms with E-state index in [1.54, 1.807) is 35.2 Å². The van der Waals surface area contributed by atoms with Crippen LogP contribution in [0.2, 0.25) is 5.02 Å². The SMILES string of the molecule is Cc1cccc(C)c1NC(=O)c1cnc(Nc2ccc(OCC3CCCN(C)C3)c(F)c2)nc1Oc1ccc(CC(=O)N2CCOCC2)cc1Cl. The zero-order valence-corrected chi connectivity index (χ0v) is 29.8. The quantitative estimate of drug-likeness (QED) is 0.173. The first-order valence-electron chi connectivity index (χ1n) is 17.1. The van der Waals surface area contributed by atoms with E-state index >= 15 is 4.39 Å². The number of nitrogens with one attached hydrogen (secondary N) is 2. The van der Waals surface area contributed by atoms with Crippen LogP contribution in [0, 0.1) is 25.6 Å². The Kier molecular flexibility index (Phi) is 11.7. The summed E-state index contributed by atoms with van der Waals surface area (Å²) >= 11 is 6.65. The number of nitrogens with zero attached hydrogens (tertiary/aromatic N) is 4. The molecule has 1 atom stereocenters. The van der Waals surface area contributed by atoms with Gasteiger partial charge in [-0.2, -0.15) is 4.98 Å². The number of ether oxygens (including phenoxy) is 3. The number of carbonyl (C=O) groups excluding carboxylic acids is 2. The molecule has 0 spiro atoms. The maximum absolute atomic E-state index is 15.1. The van der Waals surface area contributed by atoms with Crippen LogP contribution in [0.3, 0.4) is 0 Å². The third-order valence-electron chi connectivity index (χ3n) is 9.02. The maximum atomic E-state index is 15.1. The van der Waals surface area contributed by atoms with Crippen molar-refractivity contribution in [1.29, 1.82) is 0 Å². The largest absolute Gasteiger partial charge is 0.490 e. The standard InChI is InChI=1S/C38H42ClFN6O5/c1-24-6-4-7-25(2)35(24)43-36(48)29-21-41-38(42-28-10-12-33(31(40)20-28)50-23-27-8-5-13-45(3)22-27)44-37(29)51-32-11-9-26(18-30(32)39)19-34(47)46-14-16-49-17-15-46/h4,6-7,9-12,18,20-21,27H,5,8,13-17,19,22-23H2,1-3H3,(H,43,48)(H,41,42,44). The lowest BCUT2D eigenvalue weighted by Crippen LogP contribution is -2.41. The Hall–Kier alpha value is -4.78. The average Bonchev–Trinajstić information content (AvgIpc) is 3.11. The highest BCUT2D eigenvalue weighted by atomic mass is 35.5. The average molecular weight is 717 g/mol. The van der Waals surface area contributed by atoms with E-state index < -0.39 is 11.7 Å². The summed E-state index contributed by atoms with van der Waals surface area (Å²) in [7, 11) is 2.08. The van der Waals surface area contributed by atoms with Crippen molar-refractivity contribution in [2.45, 2.75) is 33.1 Å². The summed E-state index contributed by atoms with van der Waals surface area (Å²) in [6.45, 7) is 8.36. The van der Waals surface area contributed by atoms with Gasteiger partial charge in [-0.25, -0.2) is 9.37 Å². The Morgan fingerprint density at radius 3 is 2.53 bits per heavy atom. The number of morpholine rings is 1. The minimum atomic E-state index is -0.524. The van der Waals surface area contributed by atoms with Crippen molar-refractivity contribution < 1.29 is 28.2 Å². The monoisotopic (exact) mass is 716 g/mol. The molecule has 2 aliphatic heterocycles. The first-order valence-corrected chi connectivity index (χ1v) is 17.4.